The molecule has 2 unspecified atom stereocenters. The molecule has 0 aliphatic rings. The van der Waals surface area contributed by atoms with Crippen LogP contribution in [0.3, 0.4) is 0 Å². The fraction of sp³-hybridized carbons (Fsp3) is 0.444. The van der Waals surface area contributed by atoms with Crippen molar-refractivity contribution in [2.24, 2.45) is 5.73 Å². The molecule has 0 spiro atoms. The topological polar surface area (TPSA) is 96.4 Å². The van der Waals surface area contributed by atoms with Gasteiger partial charge in [-0.1, -0.05) is 37.6 Å². The molecule has 194 valence electrons. The standard InChI is InChI=1S/C27H33F2N3O4/c1-6-7-19(15-33)32-22-13-12-20(23(35-25(28)29)21(22)14-31-32)17-8-10-18(11-9-17)27(5,16-30)24(34)36-26(2,3)4/h8-15,19,25H,6-7,16,30H2,1-5H3. The summed E-state index contributed by atoms with van der Waals surface area (Å²) < 4.78 is 38.9. The molecule has 0 aliphatic heterocycles. The summed E-state index contributed by atoms with van der Waals surface area (Å²) in [5, 5.41) is 4.66. The van der Waals surface area contributed by atoms with E-state index < -0.39 is 29.6 Å². The monoisotopic (exact) mass is 501 g/mol. The molecule has 2 atom stereocenters. The largest absolute Gasteiger partial charge is 0.459 e. The molecule has 2 N–H and O–H groups in total. The summed E-state index contributed by atoms with van der Waals surface area (Å²) in [5.74, 6) is -0.478. The van der Waals surface area contributed by atoms with Crippen LogP contribution in [-0.4, -0.2) is 40.8 Å². The zero-order chi connectivity index (χ0) is 26.7. The number of carbonyl (C=O) groups is 2. The molecule has 7 nitrogen and oxygen atoms in total. The van der Waals surface area contributed by atoms with E-state index >= 15 is 0 Å². The highest BCUT2D eigenvalue weighted by atomic mass is 19.3. The molecule has 2 aromatic carbocycles. The van der Waals surface area contributed by atoms with Gasteiger partial charge in [0.25, 0.3) is 0 Å². The molecule has 1 aromatic heterocycles. The van der Waals surface area contributed by atoms with Gasteiger partial charge in [0.15, 0.2) is 0 Å². The van der Waals surface area contributed by atoms with Crippen LogP contribution in [0.25, 0.3) is 22.0 Å². The molecule has 0 amide bonds. The van der Waals surface area contributed by atoms with Crippen molar-refractivity contribution in [3.05, 3.63) is 48.2 Å². The first-order valence-corrected chi connectivity index (χ1v) is 11.9. The average molecular weight is 502 g/mol. The van der Waals surface area contributed by atoms with Crippen LogP contribution in [0.15, 0.2) is 42.6 Å². The highest BCUT2D eigenvalue weighted by Crippen LogP contribution is 2.39. The SMILES string of the molecule is CCCC(C=O)n1ncc2c(OC(F)F)c(-c3ccc(C(C)(CN)C(=O)OC(C)(C)C)cc3)ccc21. The van der Waals surface area contributed by atoms with Gasteiger partial charge in [-0.3, -0.25) is 9.48 Å². The van der Waals surface area contributed by atoms with Gasteiger partial charge < -0.3 is 20.0 Å². The van der Waals surface area contributed by atoms with Gasteiger partial charge in [-0.2, -0.15) is 13.9 Å². The van der Waals surface area contributed by atoms with Crippen molar-refractivity contribution in [2.45, 2.75) is 71.1 Å². The molecule has 0 saturated heterocycles. The van der Waals surface area contributed by atoms with E-state index in [0.29, 0.717) is 34.0 Å². The van der Waals surface area contributed by atoms with E-state index in [1.165, 1.54) is 10.9 Å². The highest BCUT2D eigenvalue weighted by molar-refractivity contribution is 5.94. The van der Waals surface area contributed by atoms with Crippen LogP contribution < -0.4 is 10.5 Å². The zero-order valence-electron chi connectivity index (χ0n) is 21.3. The van der Waals surface area contributed by atoms with Crippen molar-refractivity contribution in [3.8, 4) is 16.9 Å². The number of hydrogen-bond acceptors (Lipinski definition) is 6. The average Bonchev–Trinajstić information content (AvgIpc) is 3.25. The lowest BCUT2D eigenvalue weighted by atomic mass is 9.81. The predicted octanol–water partition coefficient (Wildman–Crippen LogP) is 5.40. The summed E-state index contributed by atoms with van der Waals surface area (Å²) in [5.41, 5.74) is 6.42. The maximum absolute atomic E-state index is 13.4. The number of esters is 1. The van der Waals surface area contributed by atoms with Crippen molar-refractivity contribution in [1.82, 2.24) is 9.78 Å². The molecule has 3 rings (SSSR count). The number of aldehydes is 1. The van der Waals surface area contributed by atoms with Gasteiger partial charge in [-0.25, -0.2) is 0 Å². The lowest BCUT2D eigenvalue weighted by molar-refractivity contribution is -0.161. The van der Waals surface area contributed by atoms with Gasteiger partial charge in [-0.15, -0.1) is 0 Å². The van der Waals surface area contributed by atoms with E-state index in [1.54, 1.807) is 64.1 Å². The third-order valence-corrected chi connectivity index (χ3v) is 6.08. The first-order chi connectivity index (χ1) is 16.9. The normalized spacial score (nSPS) is 14.5. The molecule has 0 fully saturated rings. The first-order valence-electron chi connectivity index (χ1n) is 11.9. The Morgan fingerprint density at radius 3 is 2.33 bits per heavy atom. The molecule has 3 aromatic rings. The van der Waals surface area contributed by atoms with Gasteiger partial charge >= 0.3 is 12.6 Å². The Labute approximate surface area is 209 Å². The third kappa shape index (κ3) is 5.56. The summed E-state index contributed by atoms with van der Waals surface area (Å²) in [6.07, 6.45) is 3.58. The molecular formula is C27H33F2N3O4. The highest BCUT2D eigenvalue weighted by Gasteiger charge is 2.37. The van der Waals surface area contributed by atoms with Crippen molar-refractivity contribution < 1.29 is 27.8 Å². The Balaban J connectivity index is 2.06. The summed E-state index contributed by atoms with van der Waals surface area (Å²) >= 11 is 0. The van der Waals surface area contributed by atoms with Crippen LogP contribution in [0.1, 0.15) is 59.1 Å². The number of rotatable bonds is 10. The van der Waals surface area contributed by atoms with Crippen molar-refractivity contribution in [2.75, 3.05) is 6.54 Å². The smallest absolute Gasteiger partial charge is 0.387 e. The first kappa shape index (κ1) is 27.3. The van der Waals surface area contributed by atoms with Crippen LogP contribution in [0, 0.1) is 0 Å². The molecular weight excluding hydrogens is 468 g/mol. The number of fused-ring (bicyclic) bond motifs is 1. The minimum Gasteiger partial charge on any atom is -0.459 e. The lowest BCUT2D eigenvalue weighted by Crippen LogP contribution is -2.44. The predicted molar refractivity (Wildman–Crippen MR) is 134 cm³/mol. The van der Waals surface area contributed by atoms with Gasteiger partial charge in [0.2, 0.25) is 0 Å². The Morgan fingerprint density at radius 2 is 1.81 bits per heavy atom. The molecule has 9 heteroatoms. The Morgan fingerprint density at radius 1 is 1.14 bits per heavy atom. The Kier molecular flexibility index (Phi) is 8.13. The number of halogens is 2. The lowest BCUT2D eigenvalue weighted by Gasteiger charge is -2.31. The maximum atomic E-state index is 13.4. The van der Waals surface area contributed by atoms with Crippen LogP contribution in [0.4, 0.5) is 8.78 Å². The fourth-order valence-corrected chi connectivity index (χ4v) is 4.07. The maximum Gasteiger partial charge on any atom is 0.387 e. The number of nitrogens with zero attached hydrogens (tertiary/aromatic N) is 2. The van der Waals surface area contributed by atoms with E-state index in [-0.39, 0.29) is 12.3 Å². The van der Waals surface area contributed by atoms with Crippen LogP contribution in [-0.2, 0) is 19.7 Å². The minimum atomic E-state index is -3.05. The number of ether oxygens (including phenoxy) is 2. The van der Waals surface area contributed by atoms with Gasteiger partial charge in [-0.05, 0) is 57.4 Å². The van der Waals surface area contributed by atoms with E-state index in [1.807, 2.05) is 6.92 Å². The van der Waals surface area contributed by atoms with Crippen LogP contribution >= 0.6 is 0 Å². The zero-order valence-corrected chi connectivity index (χ0v) is 21.3. The molecule has 0 saturated carbocycles. The number of benzene rings is 2. The number of alkyl halides is 2. The van der Waals surface area contributed by atoms with Crippen molar-refractivity contribution >= 4 is 23.2 Å². The quantitative estimate of drug-likeness (QED) is 0.295. The molecule has 0 aliphatic carbocycles. The number of nitrogens with two attached hydrogens (primary N) is 1. The second-order valence-corrected chi connectivity index (χ2v) is 9.95. The number of aromatic nitrogens is 2. The minimum absolute atomic E-state index is 0.0296. The van der Waals surface area contributed by atoms with Crippen molar-refractivity contribution in [1.29, 1.82) is 0 Å². The second kappa shape index (κ2) is 10.7. The van der Waals surface area contributed by atoms with E-state index in [4.69, 9.17) is 15.2 Å². The summed E-state index contributed by atoms with van der Waals surface area (Å²) in [4.78, 5) is 24.5. The Bertz CT molecular complexity index is 1220. The summed E-state index contributed by atoms with van der Waals surface area (Å²) in [6, 6.07) is 9.81. The molecule has 1 heterocycles. The number of hydrogen-bond donors (Lipinski definition) is 1. The molecule has 0 radical (unpaired) electrons. The van der Waals surface area contributed by atoms with Crippen LogP contribution in [0.5, 0.6) is 5.75 Å². The summed E-state index contributed by atoms with van der Waals surface area (Å²) in [6.45, 7) is 5.99. The summed E-state index contributed by atoms with van der Waals surface area (Å²) in [7, 11) is 0. The third-order valence-electron chi connectivity index (χ3n) is 6.08. The molecule has 0 bridgehead atoms. The van der Waals surface area contributed by atoms with Crippen LogP contribution in [0.2, 0.25) is 0 Å². The van der Waals surface area contributed by atoms with E-state index in [9.17, 15) is 18.4 Å². The Hall–Kier alpha value is -3.33. The van der Waals surface area contributed by atoms with Crippen molar-refractivity contribution in [3.63, 3.8) is 0 Å². The second-order valence-electron chi connectivity index (χ2n) is 9.95. The van der Waals surface area contributed by atoms with E-state index in [0.717, 1.165) is 12.7 Å². The molecule has 36 heavy (non-hydrogen) atoms. The van der Waals surface area contributed by atoms with Gasteiger partial charge in [0.1, 0.15) is 29.1 Å². The number of carbonyl (C=O) groups excluding carboxylic acids is 2. The van der Waals surface area contributed by atoms with Gasteiger partial charge in [0.05, 0.1) is 17.1 Å². The van der Waals surface area contributed by atoms with Gasteiger partial charge in [0, 0.05) is 12.1 Å². The fourth-order valence-electron chi connectivity index (χ4n) is 4.07. The van der Waals surface area contributed by atoms with E-state index in [2.05, 4.69) is 5.10 Å².